The van der Waals surface area contributed by atoms with Crippen LogP contribution in [0.15, 0.2) is 12.3 Å². The van der Waals surface area contributed by atoms with E-state index in [1.54, 1.807) is 0 Å². The summed E-state index contributed by atoms with van der Waals surface area (Å²) in [4.78, 5) is 0. The Morgan fingerprint density at radius 3 is 2.92 bits per heavy atom. The number of aromatic nitrogens is 2. The third-order valence-corrected chi connectivity index (χ3v) is 2.30. The highest BCUT2D eigenvalue weighted by atomic mass is 15.3. The molecule has 74 valence electrons. The van der Waals surface area contributed by atoms with Gasteiger partial charge in [0.15, 0.2) is 0 Å². The fraction of sp³-hybridized carbons (Fsp3) is 0.700. The molecule has 1 rings (SSSR count). The summed E-state index contributed by atoms with van der Waals surface area (Å²) < 4.78 is 1.97. The Bertz CT molecular complexity index is 242. The smallest absolute Gasteiger partial charge is 0.0551 e. The Labute approximate surface area is 79.9 Å². The van der Waals surface area contributed by atoms with Crippen LogP contribution in [0.5, 0.6) is 0 Å². The molecule has 0 aromatic carbocycles. The molecule has 3 heteroatoms. The number of hydrogen-bond donors (Lipinski definition) is 1. The van der Waals surface area contributed by atoms with Gasteiger partial charge in [-0.15, -0.1) is 0 Å². The van der Waals surface area contributed by atoms with Gasteiger partial charge in [-0.2, -0.15) is 5.10 Å². The van der Waals surface area contributed by atoms with Crippen molar-refractivity contribution in [1.82, 2.24) is 9.78 Å². The van der Waals surface area contributed by atoms with Gasteiger partial charge < -0.3 is 5.73 Å². The maximum absolute atomic E-state index is 6.04. The van der Waals surface area contributed by atoms with Gasteiger partial charge in [0, 0.05) is 18.8 Å². The molecule has 0 radical (unpaired) electrons. The molecule has 1 aromatic heterocycles. The van der Waals surface area contributed by atoms with Crippen LogP contribution in [0.1, 0.15) is 44.8 Å². The van der Waals surface area contributed by atoms with E-state index in [1.165, 1.54) is 12.8 Å². The van der Waals surface area contributed by atoms with Crippen molar-refractivity contribution in [3.8, 4) is 0 Å². The minimum Gasteiger partial charge on any atom is -0.323 e. The normalized spacial score (nSPS) is 13.2. The zero-order chi connectivity index (χ0) is 9.68. The zero-order valence-corrected chi connectivity index (χ0v) is 8.53. The lowest BCUT2D eigenvalue weighted by Crippen LogP contribution is -2.15. The van der Waals surface area contributed by atoms with Crippen LogP contribution in [0, 0.1) is 0 Å². The molecule has 3 nitrogen and oxygen atoms in total. The quantitative estimate of drug-likeness (QED) is 0.756. The zero-order valence-electron chi connectivity index (χ0n) is 8.53. The van der Waals surface area contributed by atoms with E-state index in [0.717, 1.165) is 18.7 Å². The van der Waals surface area contributed by atoms with Gasteiger partial charge in [0.25, 0.3) is 0 Å². The third-order valence-electron chi connectivity index (χ3n) is 2.30. The average Bonchev–Trinajstić information content (AvgIpc) is 2.61. The van der Waals surface area contributed by atoms with Crippen LogP contribution < -0.4 is 5.73 Å². The molecule has 1 heterocycles. The maximum Gasteiger partial charge on any atom is 0.0551 e. The van der Waals surface area contributed by atoms with Gasteiger partial charge in [-0.25, -0.2) is 0 Å². The van der Waals surface area contributed by atoms with Crippen LogP contribution in [0.25, 0.3) is 0 Å². The average molecular weight is 181 g/mol. The molecule has 0 aliphatic rings. The van der Waals surface area contributed by atoms with Gasteiger partial charge in [0.05, 0.1) is 5.69 Å². The molecule has 0 aliphatic heterocycles. The molecule has 0 bridgehead atoms. The van der Waals surface area contributed by atoms with Crippen molar-refractivity contribution in [2.45, 2.75) is 45.7 Å². The highest BCUT2D eigenvalue weighted by molar-refractivity contribution is 5.05. The van der Waals surface area contributed by atoms with Crippen molar-refractivity contribution in [2.75, 3.05) is 0 Å². The highest BCUT2D eigenvalue weighted by Crippen LogP contribution is 2.15. The summed E-state index contributed by atoms with van der Waals surface area (Å²) in [6, 6.07) is 2.17. The molecular weight excluding hydrogens is 162 g/mol. The molecule has 0 aliphatic carbocycles. The van der Waals surface area contributed by atoms with Gasteiger partial charge in [-0.05, 0) is 19.4 Å². The molecule has 0 saturated carbocycles. The van der Waals surface area contributed by atoms with Crippen molar-refractivity contribution < 1.29 is 0 Å². The van der Waals surface area contributed by atoms with Crippen LogP contribution in [0.3, 0.4) is 0 Å². The molecule has 0 fully saturated rings. The first-order valence-corrected chi connectivity index (χ1v) is 5.06. The molecule has 13 heavy (non-hydrogen) atoms. The monoisotopic (exact) mass is 181 g/mol. The van der Waals surface area contributed by atoms with Crippen LogP contribution in [-0.2, 0) is 6.54 Å². The predicted octanol–water partition coefficient (Wildman–Crippen LogP) is 2.09. The Morgan fingerprint density at radius 2 is 2.31 bits per heavy atom. The molecule has 0 spiro atoms. The fourth-order valence-corrected chi connectivity index (χ4v) is 1.49. The largest absolute Gasteiger partial charge is 0.323 e. The van der Waals surface area contributed by atoms with Crippen LogP contribution in [0.2, 0.25) is 0 Å². The first-order chi connectivity index (χ1) is 6.29. The SMILES string of the molecule is CCCCC(N)c1ccnn1CC. The number of nitrogens with two attached hydrogens (primary N) is 1. The Morgan fingerprint density at radius 1 is 1.54 bits per heavy atom. The molecule has 0 amide bonds. The summed E-state index contributed by atoms with van der Waals surface area (Å²) in [5.74, 6) is 0. The van der Waals surface area contributed by atoms with Gasteiger partial charge in [0.1, 0.15) is 0 Å². The second-order valence-corrected chi connectivity index (χ2v) is 3.32. The fourth-order valence-electron chi connectivity index (χ4n) is 1.49. The van der Waals surface area contributed by atoms with Gasteiger partial charge in [-0.3, -0.25) is 4.68 Å². The van der Waals surface area contributed by atoms with E-state index in [9.17, 15) is 0 Å². The first kappa shape index (κ1) is 10.3. The van der Waals surface area contributed by atoms with E-state index in [2.05, 4.69) is 18.9 Å². The molecule has 1 aromatic rings. The second-order valence-electron chi connectivity index (χ2n) is 3.32. The van der Waals surface area contributed by atoms with Crippen LogP contribution in [-0.4, -0.2) is 9.78 Å². The van der Waals surface area contributed by atoms with E-state index < -0.39 is 0 Å². The highest BCUT2D eigenvalue weighted by Gasteiger charge is 2.09. The summed E-state index contributed by atoms with van der Waals surface area (Å²) in [5.41, 5.74) is 7.20. The lowest BCUT2D eigenvalue weighted by Gasteiger charge is -2.12. The first-order valence-electron chi connectivity index (χ1n) is 5.06. The third kappa shape index (κ3) is 2.56. The van der Waals surface area contributed by atoms with E-state index in [1.807, 2.05) is 16.9 Å². The molecule has 0 saturated heterocycles. The Balaban J connectivity index is 2.59. The molecule has 2 N–H and O–H groups in total. The summed E-state index contributed by atoms with van der Waals surface area (Å²) in [6.07, 6.45) is 5.27. The summed E-state index contributed by atoms with van der Waals surface area (Å²) in [7, 11) is 0. The molecule has 1 atom stereocenters. The van der Waals surface area contributed by atoms with Crippen molar-refractivity contribution in [3.05, 3.63) is 18.0 Å². The summed E-state index contributed by atoms with van der Waals surface area (Å²) in [6.45, 7) is 5.18. The minimum atomic E-state index is 0.155. The van der Waals surface area contributed by atoms with E-state index in [4.69, 9.17) is 5.73 Å². The second kappa shape index (κ2) is 5.02. The molecule has 1 unspecified atom stereocenters. The van der Waals surface area contributed by atoms with Crippen molar-refractivity contribution in [2.24, 2.45) is 5.73 Å². The van der Waals surface area contributed by atoms with E-state index in [0.29, 0.717) is 0 Å². The number of aryl methyl sites for hydroxylation is 1. The lowest BCUT2D eigenvalue weighted by molar-refractivity contribution is 0.530. The van der Waals surface area contributed by atoms with Crippen LogP contribution in [0.4, 0.5) is 0 Å². The van der Waals surface area contributed by atoms with Crippen molar-refractivity contribution in [1.29, 1.82) is 0 Å². The van der Waals surface area contributed by atoms with Crippen LogP contribution >= 0.6 is 0 Å². The number of hydrogen-bond acceptors (Lipinski definition) is 2. The van der Waals surface area contributed by atoms with E-state index >= 15 is 0 Å². The van der Waals surface area contributed by atoms with E-state index in [-0.39, 0.29) is 6.04 Å². The molecular formula is C10H19N3. The Hall–Kier alpha value is -0.830. The summed E-state index contributed by atoms with van der Waals surface area (Å²) in [5, 5.41) is 4.20. The summed E-state index contributed by atoms with van der Waals surface area (Å²) >= 11 is 0. The van der Waals surface area contributed by atoms with Crippen molar-refractivity contribution >= 4 is 0 Å². The predicted molar refractivity (Wildman–Crippen MR) is 54.4 cm³/mol. The van der Waals surface area contributed by atoms with Crippen molar-refractivity contribution in [3.63, 3.8) is 0 Å². The Kier molecular flexibility index (Phi) is 3.96. The number of unbranched alkanes of at least 4 members (excludes halogenated alkanes) is 1. The van der Waals surface area contributed by atoms with Gasteiger partial charge >= 0.3 is 0 Å². The number of rotatable bonds is 5. The minimum absolute atomic E-state index is 0.155. The van der Waals surface area contributed by atoms with Gasteiger partial charge in [-0.1, -0.05) is 19.8 Å². The number of nitrogens with zero attached hydrogens (tertiary/aromatic N) is 2. The van der Waals surface area contributed by atoms with Gasteiger partial charge in [0.2, 0.25) is 0 Å². The standard InChI is InChI=1S/C10H19N3/c1-3-5-6-9(11)10-7-8-12-13(10)4-2/h7-9H,3-6,11H2,1-2H3. The topological polar surface area (TPSA) is 43.8 Å². The maximum atomic E-state index is 6.04. The lowest BCUT2D eigenvalue weighted by atomic mass is 10.1.